The molecule has 10 rings (SSSR count). The van der Waals surface area contributed by atoms with Crippen LogP contribution in [-0.4, -0.2) is 19.2 Å². The van der Waals surface area contributed by atoms with Crippen LogP contribution >= 0.6 is 0 Å². The monoisotopic (exact) mass is 721 g/mol. The molecule has 0 atom stereocenters. The summed E-state index contributed by atoms with van der Waals surface area (Å²) in [7, 11) is 3.47. The van der Waals surface area contributed by atoms with Crippen molar-refractivity contribution in [1.82, 2.24) is 4.98 Å². The largest absolute Gasteiger partial charge is 0.496 e. The summed E-state index contributed by atoms with van der Waals surface area (Å²) in [6.07, 6.45) is 4.30. The number of nitrogens with zero attached hydrogens (tertiary/aromatic N) is 2. The van der Waals surface area contributed by atoms with Crippen molar-refractivity contribution in [1.29, 1.82) is 0 Å². The standard InChI is InChI=1S/C52H37N2O2/c1-55-49-27-20-41-31-39(35-11-13-38(14-12-35)48-26-19-37-8-5-6-10-47(37)53-48)17-24-45(41)51(49)52-46-25-18-40(32-42(46)21-28-50(52)56-2)36-15-22-44(23-16-36)54-30-29-34-7-3-4-9-43(34)33-54/h3-33H,1-2H3/q+1. The highest BCUT2D eigenvalue weighted by Gasteiger charge is 2.20. The highest BCUT2D eigenvalue weighted by molar-refractivity contribution is 6.11. The van der Waals surface area contributed by atoms with Crippen molar-refractivity contribution in [2.24, 2.45) is 0 Å². The maximum Gasteiger partial charge on any atom is 0.210 e. The Morgan fingerprint density at radius 1 is 0.411 bits per heavy atom. The molecule has 0 saturated carbocycles. The molecule has 266 valence electrons. The van der Waals surface area contributed by atoms with Crippen molar-refractivity contribution >= 4 is 43.2 Å². The number of methoxy groups -OCH3 is 2. The number of para-hydroxylation sites is 1. The molecule has 0 aliphatic carbocycles. The maximum absolute atomic E-state index is 6.05. The van der Waals surface area contributed by atoms with Gasteiger partial charge in [0.05, 0.1) is 25.4 Å². The smallest absolute Gasteiger partial charge is 0.210 e. The highest BCUT2D eigenvalue weighted by atomic mass is 16.5. The summed E-state index contributed by atoms with van der Waals surface area (Å²) < 4.78 is 14.3. The molecule has 0 saturated heterocycles. The number of fused-ring (bicyclic) bond motifs is 4. The van der Waals surface area contributed by atoms with E-state index in [4.69, 9.17) is 14.5 Å². The van der Waals surface area contributed by atoms with Gasteiger partial charge in [0.15, 0.2) is 12.4 Å². The van der Waals surface area contributed by atoms with Crippen LogP contribution in [0.25, 0.3) is 93.5 Å². The maximum atomic E-state index is 6.05. The van der Waals surface area contributed by atoms with Gasteiger partial charge in [-0.3, -0.25) is 0 Å². The topological polar surface area (TPSA) is 35.2 Å². The number of rotatable bonds is 7. The summed E-state index contributed by atoms with van der Waals surface area (Å²) in [4.78, 5) is 4.90. The van der Waals surface area contributed by atoms with E-state index in [9.17, 15) is 0 Å². The van der Waals surface area contributed by atoms with E-state index >= 15 is 0 Å². The quantitative estimate of drug-likeness (QED) is 0.154. The van der Waals surface area contributed by atoms with Crippen LogP contribution in [0.5, 0.6) is 11.5 Å². The molecule has 0 aliphatic rings. The Morgan fingerprint density at radius 2 is 0.929 bits per heavy atom. The van der Waals surface area contributed by atoms with Gasteiger partial charge >= 0.3 is 0 Å². The Hall–Kier alpha value is -7.30. The summed E-state index contributed by atoms with van der Waals surface area (Å²) in [6, 6.07) is 62.3. The third kappa shape index (κ3) is 5.89. The first-order valence-corrected chi connectivity index (χ1v) is 18.8. The van der Waals surface area contributed by atoms with Gasteiger partial charge in [0, 0.05) is 45.7 Å². The summed E-state index contributed by atoms with van der Waals surface area (Å²) in [5.74, 6) is 1.60. The molecule has 0 amide bonds. The summed E-state index contributed by atoms with van der Waals surface area (Å²) in [6.45, 7) is 0. The average Bonchev–Trinajstić information content (AvgIpc) is 3.27. The Labute approximate surface area is 325 Å². The minimum atomic E-state index is 0.800. The molecule has 0 N–H and O–H groups in total. The number of benzene rings is 8. The molecular weight excluding hydrogens is 685 g/mol. The second kappa shape index (κ2) is 13.8. The number of ether oxygens (including phenoxy) is 2. The molecule has 0 spiro atoms. The fourth-order valence-electron chi connectivity index (χ4n) is 8.02. The van der Waals surface area contributed by atoms with E-state index in [0.29, 0.717) is 0 Å². The molecule has 0 radical (unpaired) electrons. The molecule has 10 aromatic rings. The summed E-state index contributed by atoms with van der Waals surface area (Å²) in [5.41, 5.74) is 10.8. The second-order valence-corrected chi connectivity index (χ2v) is 14.2. The lowest BCUT2D eigenvalue weighted by Crippen LogP contribution is -2.29. The van der Waals surface area contributed by atoms with E-state index in [0.717, 1.165) is 94.3 Å². The van der Waals surface area contributed by atoms with Crippen molar-refractivity contribution in [3.05, 3.63) is 188 Å². The minimum absolute atomic E-state index is 0.800. The van der Waals surface area contributed by atoms with Crippen LogP contribution in [-0.2, 0) is 0 Å². The first-order chi connectivity index (χ1) is 27.6. The molecule has 0 fully saturated rings. The van der Waals surface area contributed by atoms with Gasteiger partial charge in [0.2, 0.25) is 5.69 Å². The Bertz CT molecular complexity index is 2880. The van der Waals surface area contributed by atoms with E-state index in [1.807, 2.05) is 12.1 Å². The SMILES string of the molecule is COc1ccc2cc(-c3ccc(-c4ccc5ccccc5n4)cc3)ccc2c1-c1c(OC)ccc2cc(-c3ccc(-[n+]4ccc5ccccc5c4)cc3)ccc12. The van der Waals surface area contributed by atoms with Crippen LogP contribution in [0.15, 0.2) is 188 Å². The van der Waals surface area contributed by atoms with Gasteiger partial charge in [-0.15, -0.1) is 0 Å². The number of pyridine rings is 2. The van der Waals surface area contributed by atoms with Crippen LogP contribution in [0.1, 0.15) is 0 Å². The molecule has 56 heavy (non-hydrogen) atoms. The predicted octanol–water partition coefficient (Wildman–Crippen LogP) is 12.7. The minimum Gasteiger partial charge on any atom is -0.496 e. The van der Waals surface area contributed by atoms with Gasteiger partial charge in [-0.2, -0.15) is 4.57 Å². The lowest BCUT2D eigenvalue weighted by molar-refractivity contribution is -0.594. The molecule has 0 unspecified atom stereocenters. The predicted molar refractivity (Wildman–Crippen MR) is 231 cm³/mol. The van der Waals surface area contributed by atoms with E-state index in [-0.39, 0.29) is 0 Å². The number of hydrogen-bond acceptors (Lipinski definition) is 3. The normalized spacial score (nSPS) is 11.4. The van der Waals surface area contributed by atoms with Gasteiger partial charge in [-0.05, 0) is 104 Å². The number of aromatic nitrogens is 2. The zero-order chi connectivity index (χ0) is 37.6. The van der Waals surface area contributed by atoms with Gasteiger partial charge in [-0.25, -0.2) is 4.98 Å². The first kappa shape index (κ1) is 33.3. The average molecular weight is 722 g/mol. The van der Waals surface area contributed by atoms with Crippen LogP contribution in [0.4, 0.5) is 0 Å². The molecule has 0 aliphatic heterocycles. The fraction of sp³-hybridized carbons (Fsp3) is 0.0385. The van der Waals surface area contributed by atoms with Gasteiger partial charge in [0.25, 0.3) is 0 Å². The highest BCUT2D eigenvalue weighted by Crippen LogP contribution is 2.46. The lowest BCUT2D eigenvalue weighted by atomic mass is 9.90. The Morgan fingerprint density at radius 3 is 1.55 bits per heavy atom. The molecule has 4 nitrogen and oxygen atoms in total. The second-order valence-electron chi connectivity index (χ2n) is 14.2. The number of hydrogen-bond donors (Lipinski definition) is 0. The van der Waals surface area contributed by atoms with Crippen LogP contribution < -0.4 is 14.0 Å². The van der Waals surface area contributed by atoms with Crippen molar-refractivity contribution in [3.8, 4) is 61.8 Å². The first-order valence-electron chi connectivity index (χ1n) is 18.8. The van der Waals surface area contributed by atoms with E-state index in [1.54, 1.807) is 14.2 Å². The third-order valence-electron chi connectivity index (χ3n) is 11.0. The van der Waals surface area contributed by atoms with Crippen molar-refractivity contribution in [2.45, 2.75) is 0 Å². The molecule has 4 heteroatoms. The van der Waals surface area contributed by atoms with E-state index in [2.05, 4.69) is 181 Å². The van der Waals surface area contributed by atoms with Gasteiger partial charge in [-0.1, -0.05) is 103 Å². The molecule has 8 aromatic carbocycles. The molecule has 0 bridgehead atoms. The van der Waals surface area contributed by atoms with E-state index in [1.165, 1.54) is 10.8 Å². The van der Waals surface area contributed by atoms with Crippen LogP contribution in [0.2, 0.25) is 0 Å². The third-order valence-corrected chi connectivity index (χ3v) is 11.0. The Balaban J connectivity index is 1.00. The van der Waals surface area contributed by atoms with Gasteiger partial charge < -0.3 is 9.47 Å². The van der Waals surface area contributed by atoms with Crippen molar-refractivity contribution in [3.63, 3.8) is 0 Å². The summed E-state index contributed by atoms with van der Waals surface area (Å²) in [5, 5.41) is 8.04. The van der Waals surface area contributed by atoms with Crippen LogP contribution in [0.3, 0.4) is 0 Å². The molecule has 2 aromatic heterocycles. The van der Waals surface area contributed by atoms with Crippen molar-refractivity contribution < 1.29 is 14.0 Å². The Kier molecular flexibility index (Phi) is 8.23. The summed E-state index contributed by atoms with van der Waals surface area (Å²) >= 11 is 0. The molecular formula is C52H37N2O2+. The van der Waals surface area contributed by atoms with Gasteiger partial charge in [0.1, 0.15) is 11.5 Å². The molecule has 2 heterocycles. The fourth-order valence-corrected chi connectivity index (χ4v) is 8.02. The zero-order valence-corrected chi connectivity index (χ0v) is 31.1. The lowest BCUT2D eigenvalue weighted by Gasteiger charge is -2.18. The van der Waals surface area contributed by atoms with Crippen LogP contribution in [0, 0.1) is 0 Å². The van der Waals surface area contributed by atoms with E-state index < -0.39 is 0 Å². The van der Waals surface area contributed by atoms with Crippen molar-refractivity contribution in [2.75, 3.05) is 14.2 Å². The zero-order valence-electron chi connectivity index (χ0n) is 31.1.